The Morgan fingerprint density at radius 3 is 2.60 bits per heavy atom. The highest BCUT2D eigenvalue weighted by atomic mass is 35.5. The third kappa shape index (κ3) is 3.74. The minimum atomic E-state index is -0.324. The number of nitrogens with one attached hydrogen (secondary N) is 2. The molecule has 0 spiro atoms. The molecule has 0 radical (unpaired) electrons. The second kappa shape index (κ2) is 6.60. The summed E-state index contributed by atoms with van der Waals surface area (Å²) in [4.78, 5) is 11.7. The van der Waals surface area contributed by atoms with E-state index in [0.29, 0.717) is 22.8 Å². The van der Waals surface area contributed by atoms with Gasteiger partial charge in [-0.3, -0.25) is 0 Å². The van der Waals surface area contributed by atoms with Crippen LogP contribution in [0.1, 0.15) is 11.1 Å². The number of anilines is 1. The highest BCUT2D eigenvalue weighted by Crippen LogP contribution is 2.20. The van der Waals surface area contributed by atoms with Gasteiger partial charge in [0, 0.05) is 12.2 Å². The summed E-state index contributed by atoms with van der Waals surface area (Å²) in [6.07, 6.45) is 0. The topological polar surface area (TPSA) is 64.9 Å². The lowest BCUT2D eigenvalue weighted by Gasteiger charge is -2.08. The van der Waals surface area contributed by atoms with E-state index in [9.17, 15) is 4.79 Å². The number of rotatable bonds is 3. The van der Waals surface area contributed by atoms with Gasteiger partial charge in [0.05, 0.1) is 10.6 Å². The summed E-state index contributed by atoms with van der Waals surface area (Å²) in [5, 5.41) is 14.5. The van der Waals surface area contributed by atoms with Crippen LogP contribution in [0, 0.1) is 11.3 Å². The second-order valence-corrected chi connectivity index (χ2v) is 4.51. The van der Waals surface area contributed by atoms with E-state index in [4.69, 9.17) is 16.9 Å². The molecule has 0 aliphatic rings. The largest absolute Gasteiger partial charge is 0.334 e. The minimum Gasteiger partial charge on any atom is -0.334 e. The van der Waals surface area contributed by atoms with Gasteiger partial charge in [0.15, 0.2) is 0 Å². The van der Waals surface area contributed by atoms with Crippen LogP contribution in [0.4, 0.5) is 10.5 Å². The van der Waals surface area contributed by atoms with Gasteiger partial charge in [-0.1, -0.05) is 41.9 Å². The Morgan fingerprint density at radius 2 is 1.95 bits per heavy atom. The van der Waals surface area contributed by atoms with E-state index in [-0.39, 0.29) is 6.03 Å². The van der Waals surface area contributed by atoms with Crippen LogP contribution in [0.5, 0.6) is 0 Å². The number of amides is 2. The molecule has 4 nitrogen and oxygen atoms in total. The van der Waals surface area contributed by atoms with Crippen LogP contribution in [0.3, 0.4) is 0 Å². The van der Waals surface area contributed by atoms with E-state index in [2.05, 4.69) is 10.6 Å². The minimum absolute atomic E-state index is 0.313. The summed E-state index contributed by atoms with van der Waals surface area (Å²) >= 11 is 5.89. The molecule has 20 heavy (non-hydrogen) atoms. The van der Waals surface area contributed by atoms with Crippen molar-refractivity contribution in [1.29, 1.82) is 5.26 Å². The summed E-state index contributed by atoms with van der Waals surface area (Å²) in [6.45, 7) is 0.441. The number of carbonyl (C=O) groups excluding carboxylic acids is 1. The van der Waals surface area contributed by atoms with Crippen molar-refractivity contribution < 1.29 is 4.79 Å². The van der Waals surface area contributed by atoms with Gasteiger partial charge >= 0.3 is 6.03 Å². The van der Waals surface area contributed by atoms with Gasteiger partial charge in [-0.2, -0.15) is 5.26 Å². The monoisotopic (exact) mass is 285 g/mol. The Balaban J connectivity index is 1.92. The molecule has 0 unspecified atom stereocenters. The van der Waals surface area contributed by atoms with Gasteiger partial charge in [-0.25, -0.2) is 4.79 Å². The van der Waals surface area contributed by atoms with Crippen molar-refractivity contribution >= 4 is 23.3 Å². The lowest BCUT2D eigenvalue weighted by atomic mass is 10.2. The third-order valence-electron chi connectivity index (χ3n) is 2.64. The predicted molar refractivity (Wildman–Crippen MR) is 78.5 cm³/mol. The SMILES string of the molecule is N#Cc1ccc(NC(=O)NCc2ccccc2)cc1Cl. The third-order valence-corrected chi connectivity index (χ3v) is 2.96. The van der Waals surface area contributed by atoms with Crippen LogP contribution >= 0.6 is 11.6 Å². The summed E-state index contributed by atoms with van der Waals surface area (Å²) in [7, 11) is 0. The maximum atomic E-state index is 11.7. The fraction of sp³-hybridized carbons (Fsp3) is 0.0667. The fourth-order valence-corrected chi connectivity index (χ4v) is 1.86. The number of hydrogen-bond acceptors (Lipinski definition) is 2. The van der Waals surface area contributed by atoms with Crippen molar-refractivity contribution in [1.82, 2.24) is 5.32 Å². The zero-order valence-electron chi connectivity index (χ0n) is 10.6. The molecular formula is C15H12ClN3O. The summed E-state index contributed by atoms with van der Waals surface area (Å²) in [5.74, 6) is 0. The van der Waals surface area contributed by atoms with Gasteiger partial charge in [0.1, 0.15) is 6.07 Å². The van der Waals surface area contributed by atoms with Crippen LogP contribution in [-0.4, -0.2) is 6.03 Å². The number of halogens is 1. The molecule has 5 heteroatoms. The number of hydrogen-bond donors (Lipinski definition) is 2. The van der Waals surface area contributed by atoms with E-state index >= 15 is 0 Å². The Kier molecular flexibility index (Phi) is 4.59. The van der Waals surface area contributed by atoms with E-state index in [0.717, 1.165) is 5.56 Å². The van der Waals surface area contributed by atoms with E-state index in [1.807, 2.05) is 36.4 Å². The number of carbonyl (C=O) groups is 1. The van der Waals surface area contributed by atoms with Gasteiger partial charge in [-0.15, -0.1) is 0 Å². The molecule has 2 N–H and O–H groups in total. The molecule has 0 aliphatic heterocycles. The Labute approximate surface area is 122 Å². The maximum absolute atomic E-state index is 11.7. The summed E-state index contributed by atoms with van der Waals surface area (Å²) in [6, 6.07) is 16.0. The zero-order valence-corrected chi connectivity index (χ0v) is 11.3. The molecule has 0 bridgehead atoms. The maximum Gasteiger partial charge on any atom is 0.319 e. The molecule has 0 atom stereocenters. The van der Waals surface area contributed by atoms with Gasteiger partial charge in [-0.05, 0) is 23.8 Å². The molecule has 2 rings (SSSR count). The van der Waals surface area contributed by atoms with Crippen LogP contribution in [-0.2, 0) is 6.54 Å². The first-order valence-corrected chi connectivity index (χ1v) is 6.35. The van der Waals surface area contributed by atoms with Crippen molar-refractivity contribution in [2.75, 3.05) is 5.32 Å². The molecule has 0 fully saturated rings. The molecule has 0 saturated carbocycles. The molecule has 0 aliphatic carbocycles. The molecule has 0 heterocycles. The van der Waals surface area contributed by atoms with Gasteiger partial charge < -0.3 is 10.6 Å². The van der Waals surface area contributed by atoms with Gasteiger partial charge in [0.25, 0.3) is 0 Å². The summed E-state index contributed by atoms with van der Waals surface area (Å²) < 4.78 is 0. The molecule has 2 aromatic rings. The first-order chi connectivity index (χ1) is 9.69. The van der Waals surface area contributed by atoms with E-state index in [1.54, 1.807) is 18.2 Å². The molecule has 2 aromatic carbocycles. The molecule has 0 aromatic heterocycles. The number of nitriles is 1. The number of urea groups is 1. The highest BCUT2D eigenvalue weighted by Gasteiger charge is 2.04. The lowest BCUT2D eigenvalue weighted by Crippen LogP contribution is -2.28. The van der Waals surface area contributed by atoms with Crippen molar-refractivity contribution in [3.63, 3.8) is 0 Å². The van der Waals surface area contributed by atoms with Crippen molar-refractivity contribution in [3.8, 4) is 6.07 Å². The van der Waals surface area contributed by atoms with Crippen molar-refractivity contribution in [2.24, 2.45) is 0 Å². The van der Waals surface area contributed by atoms with Crippen LogP contribution < -0.4 is 10.6 Å². The highest BCUT2D eigenvalue weighted by molar-refractivity contribution is 6.32. The molecule has 2 amide bonds. The molecular weight excluding hydrogens is 274 g/mol. The van der Waals surface area contributed by atoms with E-state index < -0.39 is 0 Å². The Morgan fingerprint density at radius 1 is 1.20 bits per heavy atom. The van der Waals surface area contributed by atoms with Crippen LogP contribution in [0.15, 0.2) is 48.5 Å². The smallest absolute Gasteiger partial charge is 0.319 e. The Bertz CT molecular complexity index is 650. The number of benzene rings is 2. The van der Waals surface area contributed by atoms with Crippen molar-refractivity contribution in [3.05, 3.63) is 64.7 Å². The normalized spacial score (nSPS) is 9.60. The molecule has 0 saturated heterocycles. The quantitative estimate of drug-likeness (QED) is 0.906. The van der Waals surface area contributed by atoms with Crippen LogP contribution in [0.25, 0.3) is 0 Å². The first kappa shape index (κ1) is 13.9. The Hall–Kier alpha value is -2.51. The molecule has 100 valence electrons. The fourth-order valence-electron chi connectivity index (χ4n) is 1.64. The standard InChI is InChI=1S/C15H12ClN3O/c16-14-8-13(7-6-12(14)9-17)19-15(20)18-10-11-4-2-1-3-5-11/h1-8H,10H2,(H2,18,19,20). The second-order valence-electron chi connectivity index (χ2n) is 4.10. The van der Waals surface area contributed by atoms with E-state index in [1.165, 1.54) is 0 Å². The van der Waals surface area contributed by atoms with Crippen LogP contribution in [0.2, 0.25) is 5.02 Å². The lowest BCUT2D eigenvalue weighted by molar-refractivity contribution is 0.251. The predicted octanol–water partition coefficient (Wildman–Crippen LogP) is 3.53. The zero-order chi connectivity index (χ0) is 14.4. The van der Waals surface area contributed by atoms with Gasteiger partial charge in [0.2, 0.25) is 0 Å². The number of nitrogens with zero attached hydrogens (tertiary/aromatic N) is 1. The average molecular weight is 286 g/mol. The average Bonchev–Trinajstić information content (AvgIpc) is 2.46. The summed E-state index contributed by atoms with van der Waals surface area (Å²) in [5.41, 5.74) is 1.93. The van der Waals surface area contributed by atoms with Crippen molar-refractivity contribution in [2.45, 2.75) is 6.54 Å². The first-order valence-electron chi connectivity index (χ1n) is 5.97.